The highest BCUT2D eigenvalue weighted by atomic mass is 32.2. The number of nitrogens with zero attached hydrogens (tertiary/aromatic N) is 4. The smallest absolute Gasteiger partial charge is 0.258 e. The van der Waals surface area contributed by atoms with E-state index in [2.05, 4.69) is 27.1 Å². The minimum absolute atomic E-state index is 0.0591. The number of aryl methyl sites for hydroxylation is 1. The number of benzene rings is 1. The number of rotatable bonds is 5. The molecule has 2 aromatic heterocycles. The first-order valence-corrected chi connectivity index (χ1v) is 7.78. The molecule has 0 unspecified atom stereocenters. The third-order valence-corrected chi connectivity index (χ3v) is 4.11. The molecule has 8 heteroatoms. The van der Waals surface area contributed by atoms with E-state index < -0.39 is 4.92 Å². The molecule has 0 bridgehead atoms. The van der Waals surface area contributed by atoms with Crippen LogP contribution in [0.4, 0.5) is 5.69 Å². The van der Waals surface area contributed by atoms with Crippen molar-refractivity contribution >= 4 is 17.4 Å². The predicted molar refractivity (Wildman–Crippen MR) is 86.2 cm³/mol. The lowest BCUT2D eigenvalue weighted by Gasteiger charge is -1.98. The van der Waals surface area contributed by atoms with Crippen LogP contribution in [0.1, 0.15) is 12.5 Å². The van der Waals surface area contributed by atoms with E-state index in [1.807, 2.05) is 24.3 Å². The average Bonchev–Trinajstić information content (AvgIpc) is 3.04. The summed E-state index contributed by atoms with van der Waals surface area (Å²) < 4.78 is 0. The third-order valence-electron chi connectivity index (χ3n) is 3.24. The van der Waals surface area contributed by atoms with Crippen LogP contribution in [-0.2, 0) is 6.42 Å². The van der Waals surface area contributed by atoms with Gasteiger partial charge in [-0.05, 0) is 29.8 Å². The lowest BCUT2D eigenvalue weighted by Crippen LogP contribution is -1.92. The molecule has 0 spiro atoms. The van der Waals surface area contributed by atoms with E-state index in [4.69, 9.17) is 0 Å². The first kappa shape index (κ1) is 15.2. The van der Waals surface area contributed by atoms with Crippen molar-refractivity contribution in [2.24, 2.45) is 0 Å². The van der Waals surface area contributed by atoms with Gasteiger partial charge in [0.15, 0.2) is 10.9 Å². The van der Waals surface area contributed by atoms with Crippen LogP contribution in [0, 0.1) is 10.1 Å². The first-order valence-electron chi connectivity index (χ1n) is 6.96. The Kier molecular flexibility index (Phi) is 4.33. The highest BCUT2D eigenvalue weighted by molar-refractivity contribution is 7.99. The van der Waals surface area contributed by atoms with Gasteiger partial charge >= 0.3 is 5.69 Å². The number of nitrogens with one attached hydrogen (secondary N) is 1. The summed E-state index contributed by atoms with van der Waals surface area (Å²) in [7, 11) is 0. The van der Waals surface area contributed by atoms with Crippen molar-refractivity contribution < 1.29 is 4.92 Å². The molecule has 0 aliphatic rings. The maximum absolute atomic E-state index is 11.0. The van der Waals surface area contributed by atoms with Gasteiger partial charge in [-0.15, -0.1) is 5.10 Å². The number of aromatic nitrogens is 4. The van der Waals surface area contributed by atoms with E-state index in [0.29, 0.717) is 11.0 Å². The predicted octanol–water partition coefficient (Wildman–Crippen LogP) is 3.49. The fourth-order valence-corrected chi connectivity index (χ4v) is 2.77. The molecule has 116 valence electrons. The van der Waals surface area contributed by atoms with Gasteiger partial charge in [0.05, 0.1) is 4.92 Å². The minimum Gasteiger partial charge on any atom is -0.258 e. The molecule has 2 heterocycles. The lowest BCUT2D eigenvalue weighted by molar-refractivity contribution is -0.388. The number of nitro groups is 1. The molecule has 3 aromatic rings. The SMILES string of the molecule is CCc1ccc(-c2nc(Sc3ncccc3[N+](=O)[O-])n[nH]2)cc1. The molecule has 7 nitrogen and oxygen atoms in total. The van der Waals surface area contributed by atoms with E-state index in [1.165, 1.54) is 23.9 Å². The summed E-state index contributed by atoms with van der Waals surface area (Å²) in [6.45, 7) is 2.10. The lowest BCUT2D eigenvalue weighted by atomic mass is 10.1. The maximum atomic E-state index is 11.0. The molecule has 0 atom stereocenters. The fourth-order valence-electron chi connectivity index (χ4n) is 2.01. The average molecular weight is 327 g/mol. The van der Waals surface area contributed by atoms with Crippen LogP contribution in [0.2, 0.25) is 0 Å². The normalized spacial score (nSPS) is 10.7. The van der Waals surface area contributed by atoms with Crippen LogP contribution in [0.3, 0.4) is 0 Å². The monoisotopic (exact) mass is 327 g/mol. The minimum atomic E-state index is -0.466. The van der Waals surface area contributed by atoms with Crippen molar-refractivity contribution in [1.82, 2.24) is 20.2 Å². The van der Waals surface area contributed by atoms with Gasteiger partial charge in [-0.2, -0.15) is 0 Å². The highest BCUT2D eigenvalue weighted by Crippen LogP contribution is 2.31. The van der Waals surface area contributed by atoms with Gasteiger partial charge in [0, 0.05) is 17.8 Å². The number of aromatic amines is 1. The second-order valence-corrected chi connectivity index (χ2v) is 5.66. The Morgan fingerprint density at radius 1 is 1.26 bits per heavy atom. The van der Waals surface area contributed by atoms with E-state index in [0.717, 1.165) is 23.7 Å². The molecule has 0 amide bonds. The number of hydrogen-bond acceptors (Lipinski definition) is 6. The molecular formula is C15H13N5O2S. The zero-order valence-corrected chi connectivity index (χ0v) is 13.1. The van der Waals surface area contributed by atoms with Crippen LogP contribution in [0.15, 0.2) is 52.8 Å². The van der Waals surface area contributed by atoms with Crippen molar-refractivity contribution in [1.29, 1.82) is 0 Å². The zero-order valence-electron chi connectivity index (χ0n) is 12.3. The molecule has 0 saturated heterocycles. The Morgan fingerprint density at radius 3 is 2.74 bits per heavy atom. The molecule has 0 saturated carbocycles. The summed E-state index contributed by atoms with van der Waals surface area (Å²) in [5.74, 6) is 0.619. The maximum Gasteiger partial charge on any atom is 0.301 e. The molecular weight excluding hydrogens is 314 g/mol. The summed E-state index contributed by atoms with van der Waals surface area (Å²) in [6.07, 6.45) is 2.48. The van der Waals surface area contributed by atoms with Crippen LogP contribution in [0.25, 0.3) is 11.4 Å². The Hall–Kier alpha value is -2.74. The largest absolute Gasteiger partial charge is 0.301 e. The van der Waals surface area contributed by atoms with Gasteiger partial charge in [-0.1, -0.05) is 31.2 Å². The van der Waals surface area contributed by atoms with Gasteiger partial charge in [0.25, 0.3) is 0 Å². The van der Waals surface area contributed by atoms with Crippen LogP contribution in [-0.4, -0.2) is 25.1 Å². The van der Waals surface area contributed by atoms with Gasteiger partial charge in [-0.3, -0.25) is 15.2 Å². The molecule has 1 aromatic carbocycles. The van der Waals surface area contributed by atoms with Crippen molar-refractivity contribution in [2.75, 3.05) is 0 Å². The number of pyridine rings is 1. The summed E-state index contributed by atoms with van der Waals surface area (Å²) >= 11 is 1.06. The molecule has 1 N–H and O–H groups in total. The van der Waals surface area contributed by atoms with E-state index >= 15 is 0 Å². The number of H-pyrrole nitrogens is 1. The van der Waals surface area contributed by atoms with Gasteiger partial charge < -0.3 is 0 Å². The summed E-state index contributed by atoms with van der Waals surface area (Å²) in [4.78, 5) is 18.9. The second kappa shape index (κ2) is 6.57. The molecule has 0 radical (unpaired) electrons. The third kappa shape index (κ3) is 3.37. The molecule has 23 heavy (non-hydrogen) atoms. The molecule has 0 fully saturated rings. The van der Waals surface area contributed by atoms with E-state index in [1.54, 1.807) is 0 Å². The Morgan fingerprint density at radius 2 is 2.04 bits per heavy atom. The quantitative estimate of drug-likeness (QED) is 0.569. The van der Waals surface area contributed by atoms with E-state index in [9.17, 15) is 10.1 Å². The Labute approximate surface area is 136 Å². The summed E-state index contributed by atoms with van der Waals surface area (Å²) in [6, 6.07) is 10.9. The molecule has 0 aliphatic heterocycles. The van der Waals surface area contributed by atoms with Gasteiger partial charge in [0.2, 0.25) is 5.16 Å². The second-order valence-electron chi connectivity index (χ2n) is 4.70. The summed E-state index contributed by atoms with van der Waals surface area (Å²) in [5, 5.41) is 18.6. The highest BCUT2D eigenvalue weighted by Gasteiger charge is 2.17. The fraction of sp³-hybridized carbons (Fsp3) is 0.133. The van der Waals surface area contributed by atoms with Crippen molar-refractivity contribution in [3.8, 4) is 11.4 Å². The van der Waals surface area contributed by atoms with Crippen LogP contribution >= 0.6 is 11.8 Å². The Balaban J connectivity index is 1.83. The van der Waals surface area contributed by atoms with Crippen molar-refractivity contribution in [3.63, 3.8) is 0 Å². The molecule has 0 aliphatic carbocycles. The van der Waals surface area contributed by atoms with E-state index in [-0.39, 0.29) is 10.7 Å². The standard InChI is InChI=1S/C15H13N5O2S/c1-2-10-5-7-11(8-6-10)13-17-15(19-18-13)23-14-12(20(21)22)4-3-9-16-14/h3-9H,2H2,1H3,(H,17,18,19). The van der Waals surface area contributed by atoms with Gasteiger partial charge in [0.1, 0.15) is 0 Å². The Bertz CT molecular complexity index is 832. The van der Waals surface area contributed by atoms with Crippen molar-refractivity contribution in [2.45, 2.75) is 23.5 Å². The molecule has 3 rings (SSSR count). The zero-order chi connectivity index (χ0) is 16.2. The topological polar surface area (TPSA) is 97.6 Å². The van der Waals surface area contributed by atoms with Crippen LogP contribution in [0.5, 0.6) is 0 Å². The number of hydrogen-bond donors (Lipinski definition) is 1. The van der Waals surface area contributed by atoms with Crippen LogP contribution < -0.4 is 0 Å². The van der Waals surface area contributed by atoms with Gasteiger partial charge in [-0.25, -0.2) is 9.97 Å². The first-order chi connectivity index (χ1) is 11.2. The van der Waals surface area contributed by atoms with Crippen molar-refractivity contribution in [3.05, 3.63) is 58.3 Å². The summed E-state index contributed by atoms with van der Waals surface area (Å²) in [5.41, 5.74) is 2.10.